The van der Waals surface area contributed by atoms with Crippen LogP contribution in [0.2, 0.25) is 0 Å². The number of nitro benzene ring substituents is 1. The molecule has 1 aromatic carbocycles. The number of carbonyl (C=O) groups is 1. The lowest BCUT2D eigenvalue weighted by Gasteiger charge is -2.24. The number of nitrogens with zero attached hydrogens (tertiary/aromatic N) is 3. The minimum Gasteiger partial charge on any atom is -0.377 e. The van der Waals surface area contributed by atoms with Crippen LogP contribution in [0.15, 0.2) is 18.2 Å². The van der Waals surface area contributed by atoms with Crippen molar-refractivity contribution in [2.75, 3.05) is 32.1 Å². The highest BCUT2D eigenvalue weighted by Crippen LogP contribution is 2.25. The summed E-state index contributed by atoms with van der Waals surface area (Å²) in [5.41, 5.74) is 1.02. The molecule has 6 nitrogen and oxygen atoms in total. The molecule has 0 aliphatic carbocycles. The molecule has 1 amide bonds. The summed E-state index contributed by atoms with van der Waals surface area (Å²) in [6.45, 7) is 5.24. The number of benzene rings is 1. The predicted octanol–water partition coefficient (Wildman–Crippen LogP) is 2.92. The van der Waals surface area contributed by atoms with Crippen molar-refractivity contribution in [1.82, 2.24) is 4.90 Å². The highest BCUT2D eigenvalue weighted by molar-refractivity contribution is 6.00. The van der Waals surface area contributed by atoms with Crippen LogP contribution in [0.5, 0.6) is 0 Å². The van der Waals surface area contributed by atoms with Crippen molar-refractivity contribution in [3.63, 3.8) is 0 Å². The molecule has 0 aromatic heterocycles. The Kier molecular flexibility index (Phi) is 6.14. The average molecular weight is 293 g/mol. The maximum absolute atomic E-state index is 12.7. The first kappa shape index (κ1) is 16.9. The third kappa shape index (κ3) is 4.18. The fraction of sp³-hybridized carbons (Fsp3) is 0.533. The normalized spacial score (nSPS) is 10.3. The van der Waals surface area contributed by atoms with Gasteiger partial charge in [0.25, 0.3) is 11.6 Å². The Morgan fingerprint density at radius 3 is 2.43 bits per heavy atom. The Balaban J connectivity index is 3.20. The van der Waals surface area contributed by atoms with Gasteiger partial charge in [0.15, 0.2) is 0 Å². The van der Waals surface area contributed by atoms with Gasteiger partial charge in [-0.25, -0.2) is 0 Å². The molecule has 1 rings (SSSR count). The van der Waals surface area contributed by atoms with E-state index in [0.717, 1.165) is 12.8 Å². The molecular formula is C15H23N3O3. The molecule has 116 valence electrons. The summed E-state index contributed by atoms with van der Waals surface area (Å²) in [6, 6.07) is 4.42. The quantitative estimate of drug-likeness (QED) is 0.572. The molecule has 0 saturated carbocycles. The Bertz CT molecular complexity index is 515. The molecule has 0 spiro atoms. The Labute approximate surface area is 125 Å². The largest absolute Gasteiger partial charge is 0.377 e. The van der Waals surface area contributed by atoms with Crippen LogP contribution in [0.1, 0.15) is 37.0 Å². The summed E-state index contributed by atoms with van der Waals surface area (Å²) < 4.78 is 0. The zero-order valence-electron chi connectivity index (χ0n) is 13.1. The second kappa shape index (κ2) is 7.61. The van der Waals surface area contributed by atoms with Crippen LogP contribution in [-0.2, 0) is 0 Å². The first-order valence-corrected chi connectivity index (χ1v) is 7.17. The SMILES string of the molecule is CCCCN(CC)C(=O)c1cc([N+](=O)[O-])ccc1N(C)C. The summed E-state index contributed by atoms with van der Waals surface area (Å²) in [5, 5.41) is 10.9. The monoisotopic (exact) mass is 293 g/mol. The number of carbonyl (C=O) groups excluding carboxylic acids is 1. The molecule has 0 heterocycles. The molecule has 0 fully saturated rings. The third-order valence-electron chi connectivity index (χ3n) is 3.35. The number of anilines is 1. The lowest BCUT2D eigenvalue weighted by atomic mass is 10.1. The van der Waals surface area contributed by atoms with Crippen LogP contribution >= 0.6 is 0 Å². The Hall–Kier alpha value is -2.11. The molecule has 0 atom stereocenters. The average Bonchev–Trinajstić information content (AvgIpc) is 2.46. The minimum absolute atomic E-state index is 0.0597. The van der Waals surface area contributed by atoms with Gasteiger partial charge >= 0.3 is 0 Å². The molecule has 6 heteroatoms. The predicted molar refractivity (Wildman–Crippen MR) is 83.9 cm³/mol. The van der Waals surface area contributed by atoms with E-state index in [9.17, 15) is 14.9 Å². The van der Waals surface area contributed by atoms with Crippen molar-refractivity contribution >= 4 is 17.3 Å². The Morgan fingerprint density at radius 2 is 1.95 bits per heavy atom. The Morgan fingerprint density at radius 1 is 1.29 bits per heavy atom. The standard InChI is InChI=1S/C15H23N3O3/c1-5-7-10-17(6-2)15(19)13-11-12(18(20)21)8-9-14(13)16(3)4/h8-9,11H,5-7,10H2,1-4H3. The summed E-state index contributed by atoms with van der Waals surface area (Å²) in [5.74, 6) is -0.154. The number of amides is 1. The number of nitro groups is 1. The van der Waals surface area contributed by atoms with Gasteiger partial charge in [0.1, 0.15) is 0 Å². The summed E-state index contributed by atoms with van der Waals surface area (Å²) in [7, 11) is 3.64. The fourth-order valence-corrected chi connectivity index (χ4v) is 2.12. The van der Waals surface area contributed by atoms with Crippen molar-refractivity contribution in [3.05, 3.63) is 33.9 Å². The maximum Gasteiger partial charge on any atom is 0.270 e. The van der Waals surface area contributed by atoms with E-state index < -0.39 is 4.92 Å². The van der Waals surface area contributed by atoms with Crippen molar-refractivity contribution in [2.45, 2.75) is 26.7 Å². The molecule has 0 aliphatic heterocycles. The van der Waals surface area contributed by atoms with Crippen LogP contribution in [0.3, 0.4) is 0 Å². The van der Waals surface area contributed by atoms with Gasteiger partial charge in [-0.1, -0.05) is 13.3 Å². The van der Waals surface area contributed by atoms with Gasteiger partial charge in [-0.3, -0.25) is 14.9 Å². The fourth-order valence-electron chi connectivity index (χ4n) is 2.12. The van der Waals surface area contributed by atoms with Crippen molar-refractivity contribution in [1.29, 1.82) is 0 Å². The van der Waals surface area contributed by atoms with Crippen LogP contribution in [-0.4, -0.2) is 42.9 Å². The first-order valence-electron chi connectivity index (χ1n) is 7.17. The highest BCUT2D eigenvalue weighted by atomic mass is 16.6. The van der Waals surface area contributed by atoms with E-state index in [2.05, 4.69) is 6.92 Å². The van der Waals surface area contributed by atoms with E-state index in [1.807, 2.05) is 21.0 Å². The van der Waals surface area contributed by atoms with Crippen molar-refractivity contribution < 1.29 is 9.72 Å². The number of hydrogen-bond acceptors (Lipinski definition) is 4. The number of rotatable bonds is 7. The lowest BCUT2D eigenvalue weighted by Crippen LogP contribution is -2.32. The van der Waals surface area contributed by atoms with Gasteiger partial charge in [-0.05, 0) is 19.4 Å². The van der Waals surface area contributed by atoms with E-state index in [4.69, 9.17) is 0 Å². The molecule has 1 aromatic rings. The summed E-state index contributed by atoms with van der Waals surface area (Å²) in [4.78, 5) is 26.6. The number of unbranched alkanes of at least 4 members (excludes halogenated alkanes) is 1. The first-order chi connectivity index (χ1) is 9.92. The second-order valence-electron chi connectivity index (χ2n) is 5.09. The molecular weight excluding hydrogens is 270 g/mol. The zero-order chi connectivity index (χ0) is 16.0. The van der Waals surface area contributed by atoms with Crippen LogP contribution in [0.4, 0.5) is 11.4 Å². The van der Waals surface area contributed by atoms with E-state index in [1.165, 1.54) is 12.1 Å². The minimum atomic E-state index is -0.474. The van der Waals surface area contributed by atoms with E-state index in [0.29, 0.717) is 24.3 Å². The van der Waals surface area contributed by atoms with Gasteiger partial charge in [-0.2, -0.15) is 0 Å². The van der Waals surface area contributed by atoms with Crippen LogP contribution in [0, 0.1) is 10.1 Å². The highest BCUT2D eigenvalue weighted by Gasteiger charge is 2.21. The summed E-state index contributed by atoms with van der Waals surface area (Å²) in [6.07, 6.45) is 1.92. The van der Waals surface area contributed by atoms with Gasteiger partial charge in [0.05, 0.1) is 10.5 Å². The maximum atomic E-state index is 12.7. The van der Waals surface area contributed by atoms with E-state index in [-0.39, 0.29) is 11.6 Å². The van der Waals surface area contributed by atoms with Crippen molar-refractivity contribution in [3.8, 4) is 0 Å². The van der Waals surface area contributed by atoms with E-state index >= 15 is 0 Å². The van der Waals surface area contributed by atoms with Crippen LogP contribution < -0.4 is 4.90 Å². The molecule has 0 bridgehead atoms. The van der Waals surface area contributed by atoms with Gasteiger partial charge in [0, 0.05) is 45.0 Å². The number of non-ortho nitro benzene ring substituents is 1. The molecule has 0 saturated heterocycles. The number of hydrogen-bond donors (Lipinski definition) is 0. The van der Waals surface area contributed by atoms with E-state index in [1.54, 1.807) is 15.9 Å². The zero-order valence-corrected chi connectivity index (χ0v) is 13.1. The van der Waals surface area contributed by atoms with Gasteiger partial charge < -0.3 is 9.80 Å². The summed E-state index contributed by atoms with van der Waals surface area (Å²) >= 11 is 0. The van der Waals surface area contributed by atoms with Crippen molar-refractivity contribution in [2.24, 2.45) is 0 Å². The third-order valence-corrected chi connectivity index (χ3v) is 3.35. The molecule has 21 heavy (non-hydrogen) atoms. The topological polar surface area (TPSA) is 66.7 Å². The van der Waals surface area contributed by atoms with Gasteiger partial charge in [0.2, 0.25) is 0 Å². The van der Waals surface area contributed by atoms with Crippen LogP contribution in [0.25, 0.3) is 0 Å². The molecule has 0 radical (unpaired) electrons. The second-order valence-corrected chi connectivity index (χ2v) is 5.09. The molecule has 0 unspecified atom stereocenters. The molecule has 0 N–H and O–H groups in total. The smallest absolute Gasteiger partial charge is 0.270 e. The van der Waals surface area contributed by atoms with Gasteiger partial charge in [-0.15, -0.1) is 0 Å². The molecule has 0 aliphatic rings. The lowest BCUT2D eigenvalue weighted by molar-refractivity contribution is -0.384.